The van der Waals surface area contributed by atoms with Gasteiger partial charge in [-0.2, -0.15) is 5.17 Å². The van der Waals surface area contributed by atoms with Crippen molar-refractivity contribution in [1.82, 2.24) is 10.6 Å². The molecule has 2 aliphatic carbocycles. The summed E-state index contributed by atoms with van der Waals surface area (Å²) in [6.07, 6.45) is 8.78. The van der Waals surface area contributed by atoms with Crippen molar-refractivity contribution in [2.24, 2.45) is 16.5 Å². The summed E-state index contributed by atoms with van der Waals surface area (Å²) in [5, 5.41) is 13.5. The smallest absolute Gasteiger partial charge is 0.339 e. The largest absolute Gasteiger partial charge is 0.403 e. The molecule has 8 nitrogen and oxygen atoms in total. The van der Waals surface area contributed by atoms with Gasteiger partial charge < -0.3 is 16.8 Å². The van der Waals surface area contributed by atoms with Crippen molar-refractivity contribution in [3.05, 3.63) is 40.2 Å². The number of carbonyl (C=O) groups excluding carboxylic acids is 1. The average molecular weight is 358 g/mol. The van der Waals surface area contributed by atoms with E-state index >= 15 is 0 Å². The molecule has 1 aromatic carbocycles. The summed E-state index contributed by atoms with van der Waals surface area (Å²) in [4.78, 5) is 16.4. The number of anilines is 1. The molecule has 1 aromatic rings. The first-order chi connectivity index (χ1) is 12.6. The lowest BCUT2D eigenvalue weighted by molar-refractivity contribution is -0.0799. The molecule has 2 amide bonds. The fraction of sp³-hybridized carbons (Fsp3) is 0.444. The van der Waals surface area contributed by atoms with E-state index in [2.05, 4.69) is 21.8 Å². The number of aliphatic imine (C=N–C) groups is 1. The van der Waals surface area contributed by atoms with Crippen LogP contribution in [0.25, 0.3) is 0 Å². The van der Waals surface area contributed by atoms with Crippen LogP contribution in [-0.4, -0.2) is 35.7 Å². The highest BCUT2D eigenvalue weighted by molar-refractivity contribution is 5.92. The molecule has 0 saturated heterocycles. The van der Waals surface area contributed by atoms with Crippen LogP contribution in [0.5, 0.6) is 0 Å². The maximum atomic E-state index is 12.4. The van der Waals surface area contributed by atoms with E-state index in [-0.39, 0.29) is 5.70 Å². The molecule has 8 heteroatoms. The molecule has 0 radical (unpaired) electrons. The molecule has 0 atom stereocenters. The van der Waals surface area contributed by atoms with Crippen molar-refractivity contribution in [2.45, 2.75) is 38.5 Å². The average Bonchev–Trinajstić information content (AvgIpc) is 3.27. The Morgan fingerprint density at radius 2 is 1.88 bits per heavy atom. The number of allylic oxidation sites excluding steroid dienone is 1. The third-order valence-electron chi connectivity index (χ3n) is 4.82. The second kappa shape index (κ2) is 8.20. The number of hydroxylamine groups is 1. The first-order valence-electron chi connectivity index (χ1n) is 8.99. The molecule has 3 rings (SSSR count). The van der Waals surface area contributed by atoms with Crippen molar-refractivity contribution in [3.8, 4) is 0 Å². The van der Waals surface area contributed by atoms with Crippen molar-refractivity contribution >= 4 is 17.9 Å². The summed E-state index contributed by atoms with van der Waals surface area (Å²) in [5.74, 6) is 0. The number of amides is 2. The van der Waals surface area contributed by atoms with Crippen LogP contribution in [0, 0.1) is 0 Å². The predicted molar refractivity (Wildman–Crippen MR) is 101 cm³/mol. The number of urea groups is 1. The van der Waals surface area contributed by atoms with E-state index < -0.39 is 6.03 Å². The maximum absolute atomic E-state index is 12.4. The summed E-state index contributed by atoms with van der Waals surface area (Å²) in [6.45, 7) is 0.789. The van der Waals surface area contributed by atoms with Gasteiger partial charge in [-0.25, -0.2) is 10.2 Å². The normalized spacial score (nSPS) is 15.8. The molecular formula is C18H26N6O2. The Kier molecular flexibility index (Phi) is 5.75. The van der Waals surface area contributed by atoms with Crippen LogP contribution in [0.4, 0.5) is 10.5 Å². The number of rotatable bonds is 6. The summed E-state index contributed by atoms with van der Waals surface area (Å²) >= 11 is 0. The van der Waals surface area contributed by atoms with Crippen molar-refractivity contribution < 1.29 is 10.0 Å². The van der Waals surface area contributed by atoms with Gasteiger partial charge in [-0.1, -0.05) is 6.07 Å². The van der Waals surface area contributed by atoms with E-state index in [1.54, 1.807) is 0 Å². The number of nitrogens with two attached hydrogens (primary N) is 2. The molecule has 0 heterocycles. The van der Waals surface area contributed by atoms with E-state index in [1.807, 2.05) is 0 Å². The highest BCUT2D eigenvalue weighted by Crippen LogP contribution is 2.38. The van der Waals surface area contributed by atoms with Gasteiger partial charge in [-0.05, 0) is 60.8 Å². The topological polar surface area (TPSA) is 129 Å². The van der Waals surface area contributed by atoms with Crippen LogP contribution in [0.1, 0.15) is 35.1 Å². The van der Waals surface area contributed by atoms with Gasteiger partial charge in [0.2, 0.25) is 0 Å². The molecule has 7 N–H and O–H groups in total. The molecule has 26 heavy (non-hydrogen) atoms. The number of hydrazine groups is 1. The summed E-state index contributed by atoms with van der Waals surface area (Å²) in [6, 6.07) is 1.78. The highest BCUT2D eigenvalue weighted by Gasteiger charge is 2.25. The molecule has 0 spiro atoms. The Morgan fingerprint density at radius 3 is 2.46 bits per heavy atom. The van der Waals surface area contributed by atoms with Crippen LogP contribution in [0.3, 0.4) is 0 Å². The number of nitrogens with one attached hydrogen (secondary N) is 2. The Balaban J connectivity index is 1.71. The SMILES string of the molecule is N/C=C(\C=NCCN)N(O)NC(=O)Nc1c2c(cc3c1CCC3)CCC2. The molecule has 0 fully saturated rings. The molecule has 2 aliphatic rings. The van der Waals surface area contributed by atoms with Gasteiger partial charge >= 0.3 is 6.03 Å². The van der Waals surface area contributed by atoms with Crippen molar-refractivity contribution in [2.75, 3.05) is 18.4 Å². The van der Waals surface area contributed by atoms with Gasteiger partial charge in [0.05, 0.1) is 12.8 Å². The Bertz CT molecular complexity index is 711. The zero-order valence-corrected chi connectivity index (χ0v) is 14.8. The second-order valence-corrected chi connectivity index (χ2v) is 6.53. The molecular weight excluding hydrogens is 332 g/mol. The van der Waals surface area contributed by atoms with Gasteiger partial charge in [-0.3, -0.25) is 10.2 Å². The fourth-order valence-electron chi connectivity index (χ4n) is 3.67. The summed E-state index contributed by atoms with van der Waals surface area (Å²) < 4.78 is 0. The number of hydrogen-bond donors (Lipinski definition) is 5. The van der Waals surface area contributed by atoms with Crippen LogP contribution >= 0.6 is 0 Å². The second-order valence-electron chi connectivity index (χ2n) is 6.53. The fourth-order valence-corrected chi connectivity index (χ4v) is 3.67. The van der Waals surface area contributed by atoms with E-state index in [4.69, 9.17) is 11.5 Å². The third kappa shape index (κ3) is 3.81. The minimum Gasteiger partial charge on any atom is -0.403 e. The minimum absolute atomic E-state index is 0.150. The van der Waals surface area contributed by atoms with Gasteiger partial charge in [-0.15, -0.1) is 0 Å². The molecule has 140 valence electrons. The molecule has 0 bridgehead atoms. The minimum atomic E-state index is -0.520. The van der Waals surface area contributed by atoms with Crippen LogP contribution < -0.4 is 22.2 Å². The lowest BCUT2D eigenvalue weighted by Gasteiger charge is -2.20. The van der Waals surface area contributed by atoms with Crippen molar-refractivity contribution in [3.63, 3.8) is 0 Å². The Hall–Kier alpha value is -2.58. The number of nitrogens with zero attached hydrogens (tertiary/aromatic N) is 2. The Labute approximate surface area is 152 Å². The Morgan fingerprint density at radius 1 is 1.23 bits per heavy atom. The monoisotopic (exact) mass is 358 g/mol. The van der Waals surface area contributed by atoms with Gasteiger partial charge in [0, 0.05) is 18.4 Å². The quantitative estimate of drug-likeness (QED) is 0.386. The van der Waals surface area contributed by atoms with Crippen LogP contribution in [0.2, 0.25) is 0 Å². The number of fused-ring (bicyclic) bond motifs is 2. The number of aryl methyl sites for hydroxylation is 2. The lowest BCUT2D eigenvalue weighted by Crippen LogP contribution is -2.42. The summed E-state index contributed by atoms with van der Waals surface area (Å²) in [5.41, 5.74) is 19.4. The maximum Gasteiger partial charge on any atom is 0.339 e. The highest BCUT2D eigenvalue weighted by atomic mass is 16.5. The zero-order chi connectivity index (χ0) is 18.5. The van der Waals surface area contributed by atoms with E-state index in [1.165, 1.54) is 28.5 Å². The first-order valence-corrected chi connectivity index (χ1v) is 8.99. The number of benzene rings is 1. The van der Waals surface area contributed by atoms with E-state index in [0.29, 0.717) is 18.3 Å². The zero-order valence-electron chi connectivity index (χ0n) is 14.8. The van der Waals surface area contributed by atoms with E-state index in [0.717, 1.165) is 50.4 Å². The third-order valence-corrected chi connectivity index (χ3v) is 4.82. The molecule has 0 unspecified atom stereocenters. The molecule has 0 saturated carbocycles. The van der Waals surface area contributed by atoms with Gasteiger partial charge in [0.1, 0.15) is 5.70 Å². The standard InChI is InChI=1S/C18H26N6O2/c19-7-8-21-11-14(10-20)24(26)23-18(25)22-17-15-5-1-3-12(15)9-13-4-2-6-16(13)17/h9-11,26H,1-8,19-20H2,(H2,22,23,25)/b14-10+,21-11?. The number of hydrogen-bond acceptors (Lipinski definition) is 6. The number of carbonyl (C=O) groups is 1. The molecule has 0 aromatic heterocycles. The summed E-state index contributed by atoms with van der Waals surface area (Å²) in [7, 11) is 0. The van der Waals surface area contributed by atoms with Gasteiger partial charge in [0.25, 0.3) is 0 Å². The van der Waals surface area contributed by atoms with Crippen molar-refractivity contribution in [1.29, 1.82) is 0 Å². The van der Waals surface area contributed by atoms with E-state index in [9.17, 15) is 10.0 Å². The lowest BCUT2D eigenvalue weighted by atomic mass is 9.99. The molecule has 0 aliphatic heterocycles. The first kappa shape index (κ1) is 18.2. The van der Waals surface area contributed by atoms with Crippen LogP contribution in [0.15, 0.2) is 23.0 Å². The van der Waals surface area contributed by atoms with Gasteiger partial charge in [0.15, 0.2) is 0 Å². The predicted octanol–water partition coefficient (Wildman–Crippen LogP) is 1.22. The van der Waals surface area contributed by atoms with Crippen LogP contribution in [-0.2, 0) is 25.7 Å².